The number of carbonyl (C=O) groups is 1. The molecule has 1 amide bonds. The lowest BCUT2D eigenvalue weighted by atomic mass is 10.0. The molecule has 2 aliphatic heterocycles. The number of fused-ring (bicyclic) bond motifs is 1. The lowest BCUT2D eigenvalue weighted by Crippen LogP contribution is -2.51. The van der Waals surface area contributed by atoms with Crippen LogP contribution in [0.25, 0.3) is 0 Å². The fourth-order valence-electron chi connectivity index (χ4n) is 3.55. The number of halogens is 2. The van der Waals surface area contributed by atoms with E-state index in [0.29, 0.717) is 31.4 Å². The van der Waals surface area contributed by atoms with Crippen molar-refractivity contribution in [2.75, 3.05) is 29.5 Å². The molecule has 0 radical (unpaired) electrons. The Morgan fingerprint density at radius 2 is 2.12 bits per heavy atom. The van der Waals surface area contributed by atoms with Crippen LogP contribution in [0.5, 0.6) is 0 Å². The number of hydrogen-bond donors (Lipinski definition) is 1. The van der Waals surface area contributed by atoms with E-state index in [0.717, 1.165) is 6.07 Å². The van der Waals surface area contributed by atoms with Gasteiger partial charge in [-0.15, -0.1) is 0 Å². The highest BCUT2D eigenvalue weighted by molar-refractivity contribution is 7.91. The Morgan fingerprint density at radius 1 is 1.38 bits per heavy atom. The van der Waals surface area contributed by atoms with Crippen LogP contribution >= 0.6 is 0 Å². The molecule has 24 heavy (non-hydrogen) atoms. The maximum absolute atomic E-state index is 14.1. The fourth-order valence-corrected chi connectivity index (χ4v) is 5.65. The molecule has 1 fully saturated rings. The second kappa shape index (κ2) is 5.98. The van der Waals surface area contributed by atoms with Crippen LogP contribution in [0.4, 0.5) is 14.5 Å². The smallest absolute Gasteiger partial charge is 0.239 e. The maximum atomic E-state index is 14.1. The summed E-state index contributed by atoms with van der Waals surface area (Å²) in [4.78, 5) is 13.9. The minimum Gasteiger partial charge on any atom is -0.360 e. The Hall–Kier alpha value is -1.70. The van der Waals surface area contributed by atoms with Gasteiger partial charge in [0.2, 0.25) is 5.91 Å². The first-order valence-corrected chi connectivity index (χ1v) is 9.74. The van der Waals surface area contributed by atoms with Crippen LogP contribution in [0, 0.1) is 11.6 Å². The standard InChI is InChI=1S/C16H20F2N2O3S/c1-16(4-6-24(22,23)10-16)19-14(21)9-20-5-2-3-11-7-12(17)8-13(18)15(11)20/h7-8H,2-6,9-10H2,1H3,(H,19,21)/t16-/m1/s1. The first-order valence-electron chi connectivity index (χ1n) is 7.92. The summed E-state index contributed by atoms with van der Waals surface area (Å²) in [7, 11) is -3.12. The lowest BCUT2D eigenvalue weighted by Gasteiger charge is -2.32. The molecular formula is C16H20F2N2O3S. The van der Waals surface area contributed by atoms with E-state index < -0.39 is 27.0 Å². The van der Waals surface area contributed by atoms with Gasteiger partial charge in [-0.3, -0.25) is 4.79 Å². The highest BCUT2D eigenvalue weighted by Crippen LogP contribution is 2.31. The van der Waals surface area contributed by atoms with E-state index in [1.807, 2.05) is 0 Å². The molecule has 1 saturated heterocycles. The van der Waals surface area contributed by atoms with Crippen molar-refractivity contribution in [3.8, 4) is 0 Å². The van der Waals surface area contributed by atoms with E-state index in [-0.39, 0.29) is 29.6 Å². The molecule has 0 unspecified atom stereocenters. The van der Waals surface area contributed by atoms with Crippen molar-refractivity contribution in [3.05, 3.63) is 29.3 Å². The monoisotopic (exact) mass is 358 g/mol. The van der Waals surface area contributed by atoms with Gasteiger partial charge in [0, 0.05) is 12.6 Å². The molecule has 0 aliphatic carbocycles. The summed E-state index contributed by atoms with van der Waals surface area (Å²) in [5.74, 6) is -1.67. The van der Waals surface area contributed by atoms with Crippen molar-refractivity contribution < 1.29 is 22.0 Å². The first kappa shape index (κ1) is 17.1. The third kappa shape index (κ3) is 3.53. The second-order valence-corrected chi connectivity index (χ2v) is 9.06. The molecule has 0 saturated carbocycles. The van der Waals surface area contributed by atoms with Crippen LogP contribution in [0.1, 0.15) is 25.3 Å². The average molecular weight is 358 g/mol. The number of benzene rings is 1. The number of nitrogens with one attached hydrogen (secondary N) is 1. The normalized spacial score (nSPS) is 25.4. The molecule has 2 heterocycles. The van der Waals surface area contributed by atoms with Gasteiger partial charge in [-0.1, -0.05) is 0 Å². The highest BCUT2D eigenvalue weighted by Gasteiger charge is 2.39. The Kier molecular flexibility index (Phi) is 4.27. The van der Waals surface area contributed by atoms with Crippen molar-refractivity contribution in [2.45, 2.75) is 31.7 Å². The molecule has 0 bridgehead atoms. The van der Waals surface area contributed by atoms with Crippen molar-refractivity contribution in [3.63, 3.8) is 0 Å². The molecule has 1 atom stereocenters. The van der Waals surface area contributed by atoms with Crippen LogP contribution in [-0.4, -0.2) is 44.5 Å². The minimum absolute atomic E-state index is 0.0598. The topological polar surface area (TPSA) is 66.5 Å². The van der Waals surface area contributed by atoms with E-state index in [2.05, 4.69) is 5.32 Å². The zero-order valence-corrected chi connectivity index (χ0v) is 14.3. The predicted octanol–water partition coefficient (Wildman–Crippen LogP) is 1.41. The summed E-state index contributed by atoms with van der Waals surface area (Å²) in [6.07, 6.45) is 1.64. The van der Waals surface area contributed by atoms with Crippen LogP contribution in [0.2, 0.25) is 0 Å². The molecule has 5 nitrogen and oxygen atoms in total. The van der Waals surface area contributed by atoms with Crippen molar-refractivity contribution in [1.82, 2.24) is 5.32 Å². The third-order valence-electron chi connectivity index (χ3n) is 4.58. The Labute approximate surface area is 139 Å². The van der Waals surface area contributed by atoms with E-state index in [1.54, 1.807) is 11.8 Å². The molecule has 0 spiro atoms. The molecule has 1 N–H and O–H groups in total. The van der Waals surface area contributed by atoms with Gasteiger partial charge >= 0.3 is 0 Å². The van der Waals surface area contributed by atoms with Crippen LogP contribution < -0.4 is 10.2 Å². The Morgan fingerprint density at radius 3 is 2.79 bits per heavy atom. The van der Waals surface area contributed by atoms with Crippen molar-refractivity contribution >= 4 is 21.4 Å². The van der Waals surface area contributed by atoms with E-state index in [4.69, 9.17) is 0 Å². The van der Waals surface area contributed by atoms with Gasteiger partial charge in [0.05, 0.1) is 29.3 Å². The summed E-state index contributed by atoms with van der Waals surface area (Å²) in [6.45, 7) is 2.12. The number of rotatable bonds is 3. The van der Waals surface area contributed by atoms with Gasteiger partial charge in [0.1, 0.15) is 11.6 Å². The predicted molar refractivity (Wildman–Crippen MR) is 86.7 cm³/mol. The molecule has 2 aliphatic rings. The van der Waals surface area contributed by atoms with Crippen LogP contribution in [-0.2, 0) is 21.1 Å². The number of carbonyl (C=O) groups excluding carboxylic acids is 1. The van der Waals surface area contributed by atoms with Gasteiger partial charge in [-0.2, -0.15) is 0 Å². The number of anilines is 1. The van der Waals surface area contributed by atoms with Crippen LogP contribution in [0.3, 0.4) is 0 Å². The zero-order valence-electron chi connectivity index (χ0n) is 13.4. The van der Waals surface area contributed by atoms with E-state index in [1.165, 1.54) is 6.07 Å². The summed E-state index contributed by atoms with van der Waals surface area (Å²) in [5, 5.41) is 2.76. The van der Waals surface area contributed by atoms with Gasteiger partial charge in [0.25, 0.3) is 0 Å². The average Bonchev–Trinajstić information content (AvgIpc) is 2.71. The first-order chi connectivity index (χ1) is 11.2. The molecular weight excluding hydrogens is 338 g/mol. The fraction of sp³-hybridized carbons (Fsp3) is 0.562. The molecule has 1 aromatic carbocycles. The van der Waals surface area contributed by atoms with Gasteiger partial charge < -0.3 is 10.2 Å². The molecule has 3 rings (SSSR count). The molecule has 0 aromatic heterocycles. The van der Waals surface area contributed by atoms with Crippen LogP contribution in [0.15, 0.2) is 12.1 Å². The summed E-state index contributed by atoms with van der Waals surface area (Å²) < 4.78 is 50.7. The summed E-state index contributed by atoms with van der Waals surface area (Å²) in [6, 6.07) is 2.12. The zero-order chi connectivity index (χ0) is 17.5. The van der Waals surface area contributed by atoms with Gasteiger partial charge in [-0.05, 0) is 37.8 Å². The second-order valence-electron chi connectivity index (χ2n) is 6.87. The largest absolute Gasteiger partial charge is 0.360 e. The van der Waals surface area contributed by atoms with E-state index >= 15 is 0 Å². The number of aryl methyl sites for hydroxylation is 1. The van der Waals surface area contributed by atoms with Gasteiger partial charge in [0.15, 0.2) is 9.84 Å². The number of sulfone groups is 1. The van der Waals surface area contributed by atoms with Crippen molar-refractivity contribution in [2.24, 2.45) is 0 Å². The highest BCUT2D eigenvalue weighted by atomic mass is 32.2. The van der Waals surface area contributed by atoms with Gasteiger partial charge in [-0.25, -0.2) is 17.2 Å². The molecule has 1 aromatic rings. The maximum Gasteiger partial charge on any atom is 0.239 e. The quantitative estimate of drug-likeness (QED) is 0.887. The number of hydrogen-bond acceptors (Lipinski definition) is 4. The SMILES string of the molecule is C[C@@]1(NC(=O)CN2CCCc3cc(F)cc(F)c32)CCS(=O)(=O)C1. The number of amides is 1. The Balaban J connectivity index is 1.73. The Bertz CT molecular complexity index is 782. The molecule has 8 heteroatoms. The lowest BCUT2D eigenvalue weighted by molar-refractivity contribution is -0.121. The third-order valence-corrected chi connectivity index (χ3v) is 6.48. The summed E-state index contributed by atoms with van der Waals surface area (Å²) >= 11 is 0. The minimum atomic E-state index is -3.12. The summed E-state index contributed by atoms with van der Waals surface area (Å²) in [5.41, 5.74) is 0.0405. The van der Waals surface area contributed by atoms with Crippen molar-refractivity contribution in [1.29, 1.82) is 0 Å². The number of nitrogens with zero attached hydrogens (tertiary/aromatic N) is 1. The van der Waals surface area contributed by atoms with E-state index in [9.17, 15) is 22.0 Å². The molecule has 132 valence electrons.